The summed E-state index contributed by atoms with van der Waals surface area (Å²) in [7, 11) is 0. The van der Waals surface area contributed by atoms with Gasteiger partial charge in [0.05, 0.1) is 6.07 Å². The zero-order valence-corrected chi connectivity index (χ0v) is 9.95. The number of H-pyrrole nitrogens is 1. The number of rotatable bonds is 7. The topological polar surface area (TPSA) is 77.4 Å². The summed E-state index contributed by atoms with van der Waals surface area (Å²) in [5, 5.41) is 18.5. The first-order valence-corrected chi connectivity index (χ1v) is 5.56. The maximum atomic E-state index is 8.54. The summed E-state index contributed by atoms with van der Waals surface area (Å²) in [6.45, 7) is 6.14. The van der Waals surface area contributed by atoms with Gasteiger partial charge in [-0.1, -0.05) is 13.8 Å². The lowest BCUT2D eigenvalue weighted by Crippen LogP contribution is -2.30. The highest BCUT2D eigenvalue weighted by atomic mass is 15.2. The molecule has 88 valence electrons. The van der Waals surface area contributed by atoms with Crippen LogP contribution in [0.4, 0.5) is 0 Å². The van der Waals surface area contributed by atoms with Crippen LogP contribution in [0.15, 0.2) is 6.33 Å². The molecular formula is C11H19N5. The maximum absolute atomic E-state index is 8.54. The van der Waals surface area contributed by atoms with Crippen molar-refractivity contribution in [1.29, 1.82) is 5.26 Å². The average Bonchev–Trinajstić information content (AvgIpc) is 2.75. The van der Waals surface area contributed by atoms with E-state index in [0.717, 1.165) is 31.8 Å². The molecule has 5 heteroatoms. The van der Waals surface area contributed by atoms with Gasteiger partial charge in [-0.3, -0.25) is 5.10 Å². The Bertz CT molecular complexity index is 323. The summed E-state index contributed by atoms with van der Waals surface area (Å²) < 4.78 is 0. The molecule has 0 unspecified atom stereocenters. The summed E-state index contributed by atoms with van der Waals surface area (Å²) in [5.74, 6) is 0.905. The van der Waals surface area contributed by atoms with Crippen molar-refractivity contribution in [3.8, 4) is 6.07 Å². The Morgan fingerprint density at radius 1 is 1.56 bits per heavy atom. The Kier molecular flexibility index (Phi) is 4.93. The minimum absolute atomic E-state index is 0.178. The van der Waals surface area contributed by atoms with Gasteiger partial charge in [0.15, 0.2) is 0 Å². The Morgan fingerprint density at radius 2 is 2.38 bits per heavy atom. The van der Waals surface area contributed by atoms with Gasteiger partial charge in [-0.05, 0) is 11.8 Å². The predicted octanol–water partition coefficient (Wildman–Crippen LogP) is 1.27. The number of nitrogens with one attached hydrogen (secondary N) is 2. The monoisotopic (exact) mass is 221 g/mol. The van der Waals surface area contributed by atoms with Crippen molar-refractivity contribution in [3.05, 3.63) is 12.2 Å². The van der Waals surface area contributed by atoms with Gasteiger partial charge in [0.2, 0.25) is 0 Å². The third kappa shape index (κ3) is 4.89. The molecule has 1 rings (SSSR count). The summed E-state index contributed by atoms with van der Waals surface area (Å²) in [4.78, 5) is 4.05. The molecule has 0 aliphatic heterocycles. The number of hydrogen-bond donors (Lipinski definition) is 2. The first kappa shape index (κ1) is 12.7. The Hall–Kier alpha value is -1.41. The third-order valence-corrected chi connectivity index (χ3v) is 2.52. The second kappa shape index (κ2) is 6.23. The molecular weight excluding hydrogens is 202 g/mol. The van der Waals surface area contributed by atoms with E-state index in [9.17, 15) is 0 Å². The Labute approximate surface area is 96.3 Å². The van der Waals surface area contributed by atoms with Crippen LogP contribution in [0.3, 0.4) is 0 Å². The standard InChI is InChI=1S/C11H19N5/c1-11(2,5-3-6-12)8-13-7-4-10-14-9-15-16-10/h9,13H,3-5,7-8H2,1-2H3,(H,14,15,16). The molecule has 0 saturated heterocycles. The average molecular weight is 221 g/mol. The molecule has 0 atom stereocenters. The summed E-state index contributed by atoms with van der Waals surface area (Å²) in [5.41, 5.74) is 0.178. The summed E-state index contributed by atoms with van der Waals surface area (Å²) in [6, 6.07) is 2.19. The van der Waals surface area contributed by atoms with E-state index in [1.165, 1.54) is 6.33 Å². The summed E-state index contributed by atoms with van der Waals surface area (Å²) in [6.07, 6.45) is 3.93. The lowest BCUT2D eigenvalue weighted by molar-refractivity contribution is 0.319. The van der Waals surface area contributed by atoms with Gasteiger partial charge in [0.1, 0.15) is 12.2 Å². The van der Waals surface area contributed by atoms with E-state index >= 15 is 0 Å². The van der Waals surface area contributed by atoms with Gasteiger partial charge in [-0.15, -0.1) is 0 Å². The van der Waals surface area contributed by atoms with Gasteiger partial charge in [0, 0.05) is 25.9 Å². The van der Waals surface area contributed by atoms with Gasteiger partial charge in [-0.2, -0.15) is 10.4 Å². The van der Waals surface area contributed by atoms with E-state index in [4.69, 9.17) is 5.26 Å². The summed E-state index contributed by atoms with van der Waals surface area (Å²) >= 11 is 0. The molecule has 0 aliphatic carbocycles. The fourth-order valence-corrected chi connectivity index (χ4v) is 1.47. The van der Waals surface area contributed by atoms with Gasteiger partial charge >= 0.3 is 0 Å². The Balaban J connectivity index is 2.12. The number of nitrogens with zero attached hydrogens (tertiary/aromatic N) is 3. The van der Waals surface area contributed by atoms with Gasteiger partial charge in [0.25, 0.3) is 0 Å². The molecule has 1 aromatic rings. The second-order valence-corrected chi connectivity index (χ2v) is 4.68. The third-order valence-electron chi connectivity index (χ3n) is 2.52. The molecule has 5 nitrogen and oxygen atoms in total. The number of aromatic amines is 1. The highest BCUT2D eigenvalue weighted by Gasteiger charge is 2.16. The van der Waals surface area contributed by atoms with Crippen LogP contribution in [-0.4, -0.2) is 28.3 Å². The van der Waals surface area contributed by atoms with Crippen LogP contribution in [0.2, 0.25) is 0 Å². The smallest absolute Gasteiger partial charge is 0.137 e. The second-order valence-electron chi connectivity index (χ2n) is 4.68. The molecule has 1 aromatic heterocycles. The SMILES string of the molecule is CC(C)(CCC#N)CNCCc1ncn[nH]1. The minimum Gasteiger partial charge on any atom is -0.316 e. The van der Waals surface area contributed by atoms with Crippen LogP contribution in [-0.2, 0) is 6.42 Å². The Morgan fingerprint density at radius 3 is 3.00 bits per heavy atom. The number of hydrogen-bond acceptors (Lipinski definition) is 4. The van der Waals surface area contributed by atoms with Crippen LogP contribution in [0.25, 0.3) is 0 Å². The quantitative estimate of drug-likeness (QED) is 0.680. The molecule has 0 aromatic carbocycles. The van der Waals surface area contributed by atoms with Crippen molar-refractivity contribution < 1.29 is 0 Å². The maximum Gasteiger partial charge on any atom is 0.137 e. The molecule has 1 heterocycles. The predicted molar refractivity (Wildman–Crippen MR) is 61.6 cm³/mol. The van der Waals surface area contributed by atoms with Crippen LogP contribution >= 0.6 is 0 Å². The number of aromatic nitrogens is 3. The highest BCUT2D eigenvalue weighted by molar-refractivity contribution is 4.82. The van der Waals surface area contributed by atoms with E-state index in [0.29, 0.717) is 6.42 Å². The van der Waals surface area contributed by atoms with Crippen molar-refractivity contribution >= 4 is 0 Å². The zero-order valence-electron chi connectivity index (χ0n) is 9.95. The molecule has 0 amide bonds. The van der Waals surface area contributed by atoms with Crippen molar-refractivity contribution in [2.45, 2.75) is 33.1 Å². The van der Waals surface area contributed by atoms with Gasteiger partial charge < -0.3 is 5.32 Å². The van der Waals surface area contributed by atoms with E-state index in [1.807, 2.05) is 0 Å². The molecule has 16 heavy (non-hydrogen) atoms. The van der Waals surface area contributed by atoms with Crippen LogP contribution < -0.4 is 5.32 Å². The first-order chi connectivity index (χ1) is 7.64. The molecule has 0 radical (unpaired) electrons. The molecule has 2 N–H and O–H groups in total. The van der Waals surface area contributed by atoms with Crippen molar-refractivity contribution in [2.75, 3.05) is 13.1 Å². The minimum atomic E-state index is 0.178. The number of nitriles is 1. The van der Waals surface area contributed by atoms with Crippen molar-refractivity contribution in [2.24, 2.45) is 5.41 Å². The molecule has 0 aliphatic rings. The van der Waals surface area contributed by atoms with Crippen LogP contribution in [0, 0.1) is 16.7 Å². The van der Waals surface area contributed by atoms with Crippen LogP contribution in [0.5, 0.6) is 0 Å². The molecule has 0 bridgehead atoms. The fraction of sp³-hybridized carbons (Fsp3) is 0.727. The van der Waals surface area contributed by atoms with E-state index < -0.39 is 0 Å². The molecule has 0 saturated carbocycles. The zero-order chi connectivity index (χ0) is 11.9. The largest absolute Gasteiger partial charge is 0.316 e. The van der Waals surface area contributed by atoms with E-state index in [2.05, 4.69) is 40.4 Å². The lowest BCUT2D eigenvalue weighted by atomic mass is 9.88. The fourth-order valence-electron chi connectivity index (χ4n) is 1.47. The molecule has 0 fully saturated rings. The van der Waals surface area contributed by atoms with Crippen LogP contribution in [0.1, 0.15) is 32.5 Å². The van der Waals surface area contributed by atoms with E-state index in [-0.39, 0.29) is 5.41 Å². The first-order valence-electron chi connectivity index (χ1n) is 5.56. The van der Waals surface area contributed by atoms with E-state index in [1.54, 1.807) is 0 Å². The lowest BCUT2D eigenvalue weighted by Gasteiger charge is -2.23. The molecule has 0 spiro atoms. The normalized spacial score (nSPS) is 11.3. The highest BCUT2D eigenvalue weighted by Crippen LogP contribution is 2.20. The van der Waals surface area contributed by atoms with Gasteiger partial charge in [-0.25, -0.2) is 4.98 Å². The van der Waals surface area contributed by atoms with Crippen molar-refractivity contribution in [3.63, 3.8) is 0 Å². The van der Waals surface area contributed by atoms with Crippen molar-refractivity contribution in [1.82, 2.24) is 20.5 Å².